The van der Waals surface area contributed by atoms with Crippen molar-refractivity contribution < 1.29 is 24.7 Å². The van der Waals surface area contributed by atoms with Gasteiger partial charge < -0.3 is 10.2 Å². The van der Waals surface area contributed by atoms with E-state index in [9.17, 15) is 19.7 Å². The zero-order valence-electron chi connectivity index (χ0n) is 9.37. The van der Waals surface area contributed by atoms with Gasteiger partial charge in [0, 0.05) is 6.07 Å². The van der Waals surface area contributed by atoms with E-state index in [1.54, 1.807) is 0 Å². The minimum Gasteiger partial charge on any atom is -0.480 e. The van der Waals surface area contributed by atoms with Gasteiger partial charge in [0.25, 0.3) is 5.69 Å². The summed E-state index contributed by atoms with van der Waals surface area (Å²) < 4.78 is 0. The van der Waals surface area contributed by atoms with Crippen LogP contribution in [0.2, 0.25) is 5.02 Å². The van der Waals surface area contributed by atoms with Crippen molar-refractivity contribution in [2.75, 3.05) is 6.54 Å². The van der Waals surface area contributed by atoms with E-state index in [0.29, 0.717) is 0 Å². The molecule has 19 heavy (non-hydrogen) atoms. The number of hydrogen-bond acceptors (Lipinski definition) is 5. The Balaban J connectivity index is 3.09. The van der Waals surface area contributed by atoms with Crippen LogP contribution >= 0.6 is 11.6 Å². The minimum atomic E-state index is -1.37. The Labute approximate surface area is 111 Å². The molecule has 8 nitrogen and oxygen atoms in total. The van der Waals surface area contributed by atoms with E-state index < -0.39 is 35.1 Å². The van der Waals surface area contributed by atoms with Crippen molar-refractivity contribution in [1.29, 1.82) is 0 Å². The Morgan fingerprint density at radius 3 is 2.53 bits per heavy atom. The van der Waals surface area contributed by atoms with Crippen LogP contribution in [0.1, 0.15) is 11.6 Å². The second kappa shape index (κ2) is 6.12. The van der Waals surface area contributed by atoms with E-state index in [1.807, 2.05) is 0 Å². The molecule has 3 N–H and O–H groups in total. The van der Waals surface area contributed by atoms with Gasteiger partial charge in [-0.3, -0.25) is 25.0 Å². The maximum Gasteiger partial charge on any atom is 0.325 e. The molecule has 0 saturated heterocycles. The summed E-state index contributed by atoms with van der Waals surface area (Å²) in [4.78, 5) is 31.4. The number of nitrogens with zero attached hydrogens (tertiary/aromatic N) is 1. The lowest BCUT2D eigenvalue weighted by molar-refractivity contribution is -0.384. The molecule has 0 saturated carbocycles. The van der Waals surface area contributed by atoms with Gasteiger partial charge >= 0.3 is 11.9 Å². The summed E-state index contributed by atoms with van der Waals surface area (Å²) in [5.41, 5.74) is -0.396. The van der Waals surface area contributed by atoms with Gasteiger partial charge in [-0.1, -0.05) is 17.7 Å². The Kier molecular flexibility index (Phi) is 4.79. The Morgan fingerprint density at radius 2 is 2.05 bits per heavy atom. The summed E-state index contributed by atoms with van der Waals surface area (Å²) in [5.74, 6) is -2.59. The number of halogens is 1. The van der Waals surface area contributed by atoms with Crippen molar-refractivity contribution in [2.45, 2.75) is 6.04 Å². The second-order valence-corrected chi connectivity index (χ2v) is 3.92. The summed E-state index contributed by atoms with van der Waals surface area (Å²) in [7, 11) is 0. The van der Waals surface area contributed by atoms with Crippen LogP contribution in [0.4, 0.5) is 5.69 Å². The quantitative estimate of drug-likeness (QED) is 0.527. The molecule has 0 aliphatic carbocycles. The number of benzene rings is 1. The van der Waals surface area contributed by atoms with Gasteiger partial charge in [-0.15, -0.1) is 0 Å². The van der Waals surface area contributed by atoms with Crippen LogP contribution in [0.15, 0.2) is 18.2 Å². The van der Waals surface area contributed by atoms with Crippen molar-refractivity contribution in [3.8, 4) is 0 Å². The fraction of sp³-hybridized carbons (Fsp3) is 0.200. The van der Waals surface area contributed by atoms with Crippen molar-refractivity contribution in [2.24, 2.45) is 0 Å². The van der Waals surface area contributed by atoms with Gasteiger partial charge in [0.05, 0.1) is 11.5 Å². The fourth-order valence-electron chi connectivity index (χ4n) is 1.39. The zero-order chi connectivity index (χ0) is 14.6. The van der Waals surface area contributed by atoms with Gasteiger partial charge in [0.15, 0.2) is 0 Å². The van der Waals surface area contributed by atoms with E-state index in [0.717, 1.165) is 6.07 Å². The zero-order valence-corrected chi connectivity index (χ0v) is 10.1. The van der Waals surface area contributed by atoms with Crippen LogP contribution in [-0.4, -0.2) is 33.6 Å². The van der Waals surface area contributed by atoms with Crippen LogP contribution in [0.5, 0.6) is 0 Å². The lowest BCUT2D eigenvalue weighted by Gasteiger charge is -2.13. The monoisotopic (exact) mass is 288 g/mol. The van der Waals surface area contributed by atoms with Crippen LogP contribution in [-0.2, 0) is 9.59 Å². The van der Waals surface area contributed by atoms with Gasteiger partial charge in [0.2, 0.25) is 0 Å². The number of hydrogen-bond donors (Lipinski definition) is 3. The van der Waals surface area contributed by atoms with Gasteiger partial charge in [-0.25, -0.2) is 0 Å². The number of nitro benzene ring substituents is 1. The van der Waals surface area contributed by atoms with Crippen molar-refractivity contribution in [1.82, 2.24) is 5.32 Å². The molecule has 1 unspecified atom stereocenters. The molecule has 9 heteroatoms. The Bertz CT molecular complexity index is 533. The third-order valence-electron chi connectivity index (χ3n) is 2.20. The summed E-state index contributed by atoms with van der Waals surface area (Å²) in [6.45, 7) is -0.590. The smallest absolute Gasteiger partial charge is 0.325 e. The maximum atomic E-state index is 11.0. The van der Waals surface area contributed by atoms with Crippen LogP contribution in [0, 0.1) is 10.1 Å². The Hall–Kier alpha value is -2.19. The first-order valence-corrected chi connectivity index (χ1v) is 5.32. The highest BCUT2D eigenvalue weighted by molar-refractivity contribution is 6.32. The van der Waals surface area contributed by atoms with E-state index in [-0.39, 0.29) is 10.6 Å². The molecule has 1 rings (SSSR count). The molecular formula is C10H9ClN2O6. The van der Waals surface area contributed by atoms with E-state index in [4.69, 9.17) is 21.8 Å². The van der Waals surface area contributed by atoms with Crippen molar-refractivity contribution in [3.05, 3.63) is 38.9 Å². The first kappa shape index (κ1) is 14.9. The second-order valence-electron chi connectivity index (χ2n) is 3.51. The third-order valence-corrected chi connectivity index (χ3v) is 2.52. The van der Waals surface area contributed by atoms with E-state index >= 15 is 0 Å². The largest absolute Gasteiger partial charge is 0.480 e. The van der Waals surface area contributed by atoms with Crippen molar-refractivity contribution >= 4 is 29.2 Å². The average Bonchev–Trinajstić information content (AvgIpc) is 2.30. The molecule has 0 bridgehead atoms. The average molecular weight is 289 g/mol. The molecule has 0 aliphatic rings. The summed E-state index contributed by atoms with van der Waals surface area (Å²) in [6, 6.07) is 2.10. The summed E-state index contributed by atoms with van der Waals surface area (Å²) in [6.07, 6.45) is 0. The molecule has 0 amide bonds. The highest BCUT2D eigenvalue weighted by Crippen LogP contribution is 2.27. The number of carbonyl (C=O) groups is 2. The number of rotatable bonds is 6. The van der Waals surface area contributed by atoms with Crippen LogP contribution in [0.3, 0.4) is 0 Å². The molecule has 0 radical (unpaired) electrons. The predicted octanol–water partition coefficient (Wildman–Crippen LogP) is 1.05. The highest BCUT2D eigenvalue weighted by atomic mass is 35.5. The van der Waals surface area contributed by atoms with E-state index in [2.05, 4.69) is 5.32 Å². The molecule has 1 aromatic carbocycles. The van der Waals surface area contributed by atoms with Crippen LogP contribution in [0.25, 0.3) is 0 Å². The fourth-order valence-corrected chi connectivity index (χ4v) is 1.57. The molecule has 1 atom stereocenters. The van der Waals surface area contributed by atoms with E-state index in [1.165, 1.54) is 12.1 Å². The molecule has 0 spiro atoms. The number of carboxylic acid groups (broad SMARTS) is 2. The summed E-state index contributed by atoms with van der Waals surface area (Å²) >= 11 is 5.60. The molecule has 0 heterocycles. The molecule has 0 fully saturated rings. The number of nitro groups is 1. The molecule has 1 aromatic rings. The lowest BCUT2D eigenvalue weighted by Crippen LogP contribution is -2.32. The maximum absolute atomic E-state index is 11.0. The molecular weight excluding hydrogens is 280 g/mol. The molecule has 0 aromatic heterocycles. The topological polar surface area (TPSA) is 130 Å². The third kappa shape index (κ3) is 3.90. The minimum absolute atomic E-state index is 0.0462. The first-order chi connectivity index (χ1) is 8.82. The number of nitrogens with one attached hydrogen (secondary N) is 1. The predicted molar refractivity (Wildman–Crippen MR) is 64.1 cm³/mol. The van der Waals surface area contributed by atoms with Crippen molar-refractivity contribution in [3.63, 3.8) is 0 Å². The Morgan fingerprint density at radius 1 is 1.42 bits per heavy atom. The molecule has 0 aliphatic heterocycles. The van der Waals surface area contributed by atoms with Gasteiger partial charge in [-0.2, -0.15) is 0 Å². The highest BCUT2D eigenvalue weighted by Gasteiger charge is 2.23. The summed E-state index contributed by atoms with van der Waals surface area (Å²) in [5, 5.41) is 30.3. The number of aliphatic carboxylic acids is 2. The molecule has 102 valence electrons. The SMILES string of the molecule is O=C(O)CNC(C(=O)O)c1ccc(Cl)c([N+](=O)[O-])c1. The first-order valence-electron chi connectivity index (χ1n) is 4.94. The normalized spacial score (nSPS) is 11.8. The van der Waals surface area contributed by atoms with Crippen LogP contribution < -0.4 is 5.32 Å². The number of carboxylic acids is 2. The standard InChI is InChI=1S/C10H9ClN2O6/c11-6-2-1-5(3-7(6)13(18)19)9(10(16)17)12-4-8(14)15/h1-3,9,12H,4H2,(H,14,15)(H,16,17). The van der Waals surface area contributed by atoms with Gasteiger partial charge in [-0.05, 0) is 11.6 Å². The lowest BCUT2D eigenvalue weighted by atomic mass is 10.1. The van der Waals surface area contributed by atoms with Gasteiger partial charge in [0.1, 0.15) is 11.1 Å².